The zero-order valence-corrected chi connectivity index (χ0v) is 12.9. The number of benzene rings is 2. The van der Waals surface area contributed by atoms with Gasteiger partial charge in [-0.15, -0.1) is 0 Å². The molecule has 0 amide bonds. The van der Waals surface area contributed by atoms with Crippen molar-refractivity contribution in [3.8, 4) is 5.75 Å². The van der Waals surface area contributed by atoms with Crippen molar-refractivity contribution in [3.05, 3.63) is 65.2 Å². The Balaban J connectivity index is 1.83. The van der Waals surface area contributed by atoms with Crippen LogP contribution in [0.1, 0.15) is 23.6 Å². The molecule has 2 aromatic rings. The summed E-state index contributed by atoms with van der Waals surface area (Å²) in [5, 5.41) is 9.97. The number of likely N-dealkylation sites (tertiary alicyclic amines) is 1. The van der Waals surface area contributed by atoms with Crippen molar-refractivity contribution in [2.45, 2.75) is 25.1 Å². The Morgan fingerprint density at radius 3 is 2.61 bits per heavy atom. The fourth-order valence-corrected chi connectivity index (χ4v) is 3.11. The van der Waals surface area contributed by atoms with Gasteiger partial charge in [0.2, 0.25) is 0 Å². The van der Waals surface area contributed by atoms with E-state index in [1.54, 1.807) is 7.11 Å². The number of hydrogen-bond donors (Lipinski definition) is 1. The molecule has 2 atom stereocenters. The highest BCUT2D eigenvalue weighted by atomic mass is 19.1. The third-order valence-electron chi connectivity index (χ3n) is 4.24. The molecule has 1 heterocycles. The van der Waals surface area contributed by atoms with Crippen molar-refractivity contribution >= 4 is 0 Å². The number of aliphatic hydroxyl groups excluding tert-OH is 1. The van der Waals surface area contributed by atoms with Crippen LogP contribution in [0.4, 0.5) is 8.78 Å². The van der Waals surface area contributed by atoms with Gasteiger partial charge in [-0.05, 0) is 42.3 Å². The fraction of sp³-hybridized carbons (Fsp3) is 0.333. The molecule has 3 nitrogen and oxygen atoms in total. The number of halogens is 2. The van der Waals surface area contributed by atoms with Crippen LogP contribution in [-0.2, 0) is 6.54 Å². The van der Waals surface area contributed by atoms with Crippen molar-refractivity contribution < 1.29 is 18.6 Å². The molecular formula is C18H19F2NO2. The van der Waals surface area contributed by atoms with Crippen LogP contribution >= 0.6 is 0 Å². The molecule has 2 unspecified atom stereocenters. The van der Waals surface area contributed by atoms with Gasteiger partial charge in [0.05, 0.1) is 13.2 Å². The number of methoxy groups -OCH3 is 1. The first-order valence-electron chi connectivity index (χ1n) is 7.57. The molecule has 23 heavy (non-hydrogen) atoms. The highest BCUT2D eigenvalue weighted by Gasteiger charge is 2.33. The standard InChI is InChI=1S/C18H19F2NO2/c1-23-15-5-2-12(3-6-15)10-21-11-14(22)9-18(21)16-8-13(19)4-7-17(16)20/h2-8,14,18,22H,9-11H2,1H3. The quantitative estimate of drug-likeness (QED) is 0.939. The molecule has 0 saturated carbocycles. The van der Waals surface area contributed by atoms with E-state index in [4.69, 9.17) is 4.74 Å². The SMILES string of the molecule is COc1ccc(CN2CC(O)CC2c2cc(F)ccc2F)cc1. The molecule has 1 aliphatic rings. The van der Waals surface area contributed by atoms with E-state index in [2.05, 4.69) is 0 Å². The van der Waals surface area contributed by atoms with Crippen LogP contribution in [0.2, 0.25) is 0 Å². The van der Waals surface area contributed by atoms with Crippen LogP contribution in [0, 0.1) is 11.6 Å². The van der Waals surface area contributed by atoms with Gasteiger partial charge >= 0.3 is 0 Å². The Morgan fingerprint density at radius 2 is 1.91 bits per heavy atom. The summed E-state index contributed by atoms with van der Waals surface area (Å²) >= 11 is 0. The number of rotatable bonds is 4. The number of nitrogens with zero attached hydrogens (tertiary/aromatic N) is 1. The lowest BCUT2D eigenvalue weighted by molar-refractivity contribution is 0.172. The van der Waals surface area contributed by atoms with Gasteiger partial charge in [-0.1, -0.05) is 12.1 Å². The van der Waals surface area contributed by atoms with E-state index in [9.17, 15) is 13.9 Å². The maximum absolute atomic E-state index is 14.1. The van der Waals surface area contributed by atoms with E-state index < -0.39 is 17.7 Å². The average molecular weight is 319 g/mol. The highest BCUT2D eigenvalue weighted by molar-refractivity contribution is 5.28. The monoisotopic (exact) mass is 319 g/mol. The molecule has 1 aliphatic heterocycles. The lowest BCUT2D eigenvalue weighted by Crippen LogP contribution is -2.25. The second kappa shape index (κ2) is 6.64. The van der Waals surface area contributed by atoms with E-state index in [0.717, 1.165) is 23.4 Å². The summed E-state index contributed by atoms with van der Waals surface area (Å²) in [7, 11) is 1.61. The Morgan fingerprint density at radius 1 is 1.17 bits per heavy atom. The van der Waals surface area contributed by atoms with Gasteiger partial charge in [-0.2, -0.15) is 0 Å². The van der Waals surface area contributed by atoms with Crippen molar-refractivity contribution in [1.29, 1.82) is 0 Å². The molecule has 1 N–H and O–H groups in total. The number of hydrogen-bond acceptors (Lipinski definition) is 3. The summed E-state index contributed by atoms with van der Waals surface area (Å²) in [6, 6.07) is 10.7. The molecule has 1 fully saturated rings. The number of β-amino-alcohol motifs (C(OH)–C–C–N with tert-alkyl or cyclic N) is 1. The minimum absolute atomic E-state index is 0.301. The van der Waals surface area contributed by atoms with Crippen molar-refractivity contribution in [1.82, 2.24) is 4.90 Å². The van der Waals surface area contributed by atoms with Gasteiger partial charge in [0.1, 0.15) is 17.4 Å². The number of aliphatic hydroxyl groups is 1. The summed E-state index contributed by atoms with van der Waals surface area (Å²) in [4.78, 5) is 1.98. The fourth-order valence-electron chi connectivity index (χ4n) is 3.11. The molecule has 0 bridgehead atoms. The van der Waals surface area contributed by atoms with Gasteiger partial charge in [0.25, 0.3) is 0 Å². The minimum atomic E-state index is -0.541. The normalized spacial score (nSPS) is 21.6. The Bertz CT molecular complexity index is 675. The summed E-state index contributed by atoms with van der Waals surface area (Å²) in [5.74, 6) is -0.139. The molecule has 1 saturated heterocycles. The Kier molecular flexibility index (Phi) is 4.59. The second-order valence-corrected chi connectivity index (χ2v) is 5.85. The van der Waals surface area contributed by atoms with E-state index in [0.29, 0.717) is 25.1 Å². The maximum Gasteiger partial charge on any atom is 0.128 e. The first-order chi connectivity index (χ1) is 11.1. The summed E-state index contributed by atoms with van der Waals surface area (Å²) in [5.41, 5.74) is 1.33. The molecule has 122 valence electrons. The Hall–Kier alpha value is -1.98. The third-order valence-corrected chi connectivity index (χ3v) is 4.24. The van der Waals surface area contributed by atoms with E-state index in [1.165, 1.54) is 6.07 Å². The van der Waals surface area contributed by atoms with Crippen LogP contribution < -0.4 is 4.74 Å². The van der Waals surface area contributed by atoms with Gasteiger partial charge in [-0.25, -0.2) is 8.78 Å². The first-order valence-corrected chi connectivity index (χ1v) is 7.57. The van der Waals surface area contributed by atoms with Gasteiger partial charge in [0, 0.05) is 24.7 Å². The average Bonchev–Trinajstić information content (AvgIpc) is 2.91. The zero-order valence-electron chi connectivity index (χ0n) is 12.9. The lowest BCUT2D eigenvalue weighted by atomic mass is 10.0. The lowest BCUT2D eigenvalue weighted by Gasteiger charge is -2.25. The molecule has 0 spiro atoms. The largest absolute Gasteiger partial charge is 0.497 e. The highest BCUT2D eigenvalue weighted by Crippen LogP contribution is 2.35. The molecule has 0 aliphatic carbocycles. The molecule has 2 aromatic carbocycles. The minimum Gasteiger partial charge on any atom is -0.497 e. The van der Waals surface area contributed by atoms with Crippen molar-refractivity contribution in [3.63, 3.8) is 0 Å². The van der Waals surface area contributed by atoms with Crippen molar-refractivity contribution in [2.75, 3.05) is 13.7 Å². The van der Waals surface area contributed by atoms with E-state index in [-0.39, 0.29) is 6.04 Å². The molecule has 5 heteroatoms. The molecular weight excluding hydrogens is 300 g/mol. The maximum atomic E-state index is 14.1. The number of ether oxygens (including phenoxy) is 1. The Labute approximate surface area is 134 Å². The van der Waals surface area contributed by atoms with Gasteiger partial charge < -0.3 is 9.84 Å². The predicted molar refractivity (Wildman–Crippen MR) is 83.1 cm³/mol. The zero-order chi connectivity index (χ0) is 16.4. The summed E-state index contributed by atoms with van der Waals surface area (Å²) < 4.78 is 32.7. The van der Waals surface area contributed by atoms with Crippen LogP contribution in [0.5, 0.6) is 5.75 Å². The van der Waals surface area contributed by atoms with Crippen LogP contribution in [0.25, 0.3) is 0 Å². The van der Waals surface area contributed by atoms with Crippen molar-refractivity contribution in [2.24, 2.45) is 0 Å². The smallest absolute Gasteiger partial charge is 0.128 e. The first kappa shape index (κ1) is 15.9. The summed E-state index contributed by atoms with van der Waals surface area (Å²) in [6.45, 7) is 0.994. The van der Waals surface area contributed by atoms with Gasteiger partial charge in [0.15, 0.2) is 0 Å². The summed E-state index contributed by atoms with van der Waals surface area (Å²) in [6.07, 6.45) is -0.141. The second-order valence-electron chi connectivity index (χ2n) is 5.85. The third kappa shape index (κ3) is 3.51. The van der Waals surface area contributed by atoms with Crippen LogP contribution in [-0.4, -0.2) is 29.8 Å². The van der Waals surface area contributed by atoms with Gasteiger partial charge in [-0.3, -0.25) is 4.90 Å². The van der Waals surface area contributed by atoms with E-state index in [1.807, 2.05) is 29.2 Å². The topological polar surface area (TPSA) is 32.7 Å². The van der Waals surface area contributed by atoms with Crippen LogP contribution in [0.15, 0.2) is 42.5 Å². The van der Waals surface area contributed by atoms with E-state index >= 15 is 0 Å². The molecule has 3 rings (SSSR count). The molecule has 0 radical (unpaired) electrons. The molecule has 0 aromatic heterocycles. The van der Waals surface area contributed by atoms with Crippen LogP contribution in [0.3, 0.4) is 0 Å². The predicted octanol–water partition coefficient (Wildman–Crippen LogP) is 3.28.